The van der Waals surface area contributed by atoms with Crippen molar-refractivity contribution in [2.45, 2.75) is 95.9 Å². The van der Waals surface area contributed by atoms with Gasteiger partial charge in [0.2, 0.25) is 0 Å². The molecule has 0 amide bonds. The summed E-state index contributed by atoms with van der Waals surface area (Å²) < 4.78 is 5.27. The van der Waals surface area contributed by atoms with Gasteiger partial charge >= 0.3 is 5.97 Å². The third-order valence-electron chi connectivity index (χ3n) is 9.60. The fourth-order valence-corrected chi connectivity index (χ4v) is 8.84. The summed E-state index contributed by atoms with van der Waals surface area (Å²) in [4.78, 5) is 23.9. The van der Waals surface area contributed by atoms with Crippen molar-refractivity contribution < 1.29 is 14.3 Å². The average Bonchev–Trinajstić information content (AvgIpc) is 2.87. The first-order chi connectivity index (χ1) is 12.6. The van der Waals surface area contributed by atoms with Gasteiger partial charge in [0.15, 0.2) is 0 Å². The summed E-state index contributed by atoms with van der Waals surface area (Å²) in [6, 6.07) is 0. The molecule has 4 aliphatic rings. The quantitative estimate of drug-likeness (QED) is 0.411. The van der Waals surface area contributed by atoms with Crippen molar-refractivity contribution >= 4 is 27.7 Å². The smallest absolute Gasteiger partial charge is 0.302 e. The maximum atomic E-state index is 12.5. The Kier molecular flexibility index (Phi) is 4.85. The SMILES string of the molecule is CC(=O)OC1CC[C@@]2(C)C(CC[C@@H]3[C@@H]2CC[C@@]2(C)[C@H]3CC[C@]2(Br)C(C)=O)C1. The zero-order valence-electron chi connectivity index (χ0n) is 17.4. The summed E-state index contributed by atoms with van der Waals surface area (Å²) in [5.41, 5.74) is 0.493. The Balaban J connectivity index is 1.56. The molecule has 4 aliphatic carbocycles. The lowest BCUT2D eigenvalue weighted by molar-refractivity contribution is -0.160. The Morgan fingerprint density at radius 3 is 2.30 bits per heavy atom. The first kappa shape index (κ1) is 19.9. The molecule has 0 N–H and O–H groups in total. The molecule has 0 radical (unpaired) electrons. The van der Waals surface area contributed by atoms with E-state index in [-0.39, 0.29) is 21.8 Å². The summed E-state index contributed by atoms with van der Waals surface area (Å²) >= 11 is 3.94. The normalized spacial score (nSPS) is 51.7. The second-order valence-electron chi connectivity index (χ2n) is 10.5. The third kappa shape index (κ3) is 2.79. The Hall–Kier alpha value is -0.380. The van der Waals surface area contributed by atoms with E-state index in [9.17, 15) is 9.59 Å². The van der Waals surface area contributed by atoms with E-state index in [1.165, 1.54) is 45.4 Å². The zero-order valence-corrected chi connectivity index (χ0v) is 18.9. The Labute approximate surface area is 172 Å². The molecule has 8 atom stereocenters. The highest BCUT2D eigenvalue weighted by molar-refractivity contribution is 9.10. The standard InChI is InChI=1S/C23H35BrO3/c1-14(25)23(24)12-9-20-18-6-5-16-13-17(27-15(2)26)7-10-21(16,3)19(18)8-11-22(20,23)4/h16-20H,5-13H2,1-4H3/t16?,17?,18-,19+,20+,21+,22+,23+/m1/s1. The molecule has 0 aromatic rings. The van der Waals surface area contributed by atoms with Crippen molar-refractivity contribution in [2.75, 3.05) is 0 Å². The van der Waals surface area contributed by atoms with Crippen LogP contribution in [0.5, 0.6) is 0 Å². The molecule has 0 aromatic carbocycles. The summed E-state index contributed by atoms with van der Waals surface area (Å²) in [6.07, 6.45) is 10.6. The number of ether oxygens (including phenoxy) is 1. The van der Waals surface area contributed by atoms with Gasteiger partial charge in [0.05, 0.1) is 4.32 Å². The zero-order chi connectivity index (χ0) is 19.6. The molecule has 0 aliphatic heterocycles. The fourth-order valence-electron chi connectivity index (χ4n) is 8.12. The van der Waals surface area contributed by atoms with Gasteiger partial charge in [-0.3, -0.25) is 9.59 Å². The van der Waals surface area contributed by atoms with E-state index in [1.807, 2.05) is 0 Å². The molecule has 0 aromatic heterocycles. The number of ketones is 1. The van der Waals surface area contributed by atoms with Gasteiger partial charge in [-0.15, -0.1) is 0 Å². The molecule has 0 heterocycles. The minimum absolute atomic E-state index is 0.109. The van der Waals surface area contributed by atoms with Crippen LogP contribution in [0.1, 0.15) is 85.5 Å². The number of carbonyl (C=O) groups excluding carboxylic acids is 2. The number of halogens is 1. The Morgan fingerprint density at radius 1 is 0.926 bits per heavy atom. The van der Waals surface area contributed by atoms with Crippen LogP contribution in [0, 0.1) is 34.5 Å². The minimum Gasteiger partial charge on any atom is -0.463 e. The van der Waals surface area contributed by atoms with Gasteiger partial charge in [-0.1, -0.05) is 29.8 Å². The Morgan fingerprint density at radius 2 is 1.63 bits per heavy atom. The van der Waals surface area contributed by atoms with Crippen LogP contribution in [-0.4, -0.2) is 22.2 Å². The predicted octanol–water partition coefficient (Wildman–Crippen LogP) is 5.68. The number of carbonyl (C=O) groups is 2. The second-order valence-corrected chi connectivity index (χ2v) is 11.9. The lowest BCUT2D eigenvalue weighted by atomic mass is 9.44. The first-order valence-corrected chi connectivity index (χ1v) is 11.8. The second kappa shape index (κ2) is 6.57. The van der Waals surface area contributed by atoms with Crippen LogP contribution in [0.4, 0.5) is 0 Å². The van der Waals surface area contributed by atoms with E-state index in [0.29, 0.717) is 23.0 Å². The fraction of sp³-hybridized carbons (Fsp3) is 0.913. The average molecular weight is 439 g/mol. The highest BCUT2D eigenvalue weighted by Gasteiger charge is 2.65. The molecule has 0 saturated heterocycles. The monoisotopic (exact) mass is 438 g/mol. The molecule has 4 saturated carbocycles. The molecule has 27 heavy (non-hydrogen) atoms. The van der Waals surface area contributed by atoms with E-state index in [2.05, 4.69) is 29.8 Å². The molecule has 4 fully saturated rings. The summed E-state index contributed by atoms with van der Waals surface area (Å²) in [5, 5.41) is 0. The van der Waals surface area contributed by atoms with Gasteiger partial charge in [-0.05, 0) is 99.2 Å². The molecule has 4 rings (SSSR count). The number of Topliss-reactive ketones (excluding diaryl/α,β-unsaturated/α-hetero) is 1. The number of hydrogen-bond acceptors (Lipinski definition) is 3. The highest BCUT2D eigenvalue weighted by Crippen LogP contribution is 2.70. The van der Waals surface area contributed by atoms with Crippen LogP contribution >= 0.6 is 15.9 Å². The molecular formula is C23H35BrO3. The van der Waals surface area contributed by atoms with E-state index in [1.54, 1.807) is 6.92 Å². The van der Waals surface area contributed by atoms with E-state index < -0.39 is 0 Å². The third-order valence-corrected chi connectivity index (χ3v) is 11.5. The van der Waals surface area contributed by atoms with Crippen LogP contribution in [0.3, 0.4) is 0 Å². The van der Waals surface area contributed by atoms with Crippen molar-refractivity contribution in [3.63, 3.8) is 0 Å². The van der Waals surface area contributed by atoms with Crippen molar-refractivity contribution in [1.82, 2.24) is 0 Å². The number of alkyl halides is 1. The van der Waals surface area contributed by atoms with Gasteiger partial charge in [0.25, 0.3) is 0 Å². The largest absolute Gasteiger partial charge is 0.463 e. The summed E-state index contributed by atoms with van der Waals surface area (Å²) in [7, 11) is 0. The summed E-state index contributed by atoms with van der Waals surface area (Å²) in [6.45, 7) is 8.24. The molecule has 4 heteroatoms. The predicted molar refractivity (Wildman–Crippen MR) is 110 cm³/mol. The van der Waals surface area contributed by atoms with Crippen molar-refractivity contribution in [3.8, 4) is 0 Å². The van der Waals surface area contributed by atoms with Gasteiger partial charge in [0.1, 0.15) is 11.9 Å². The van der Waals surface area contributed by atoms with E-state index in [4.69, 9.17) is 4.74 Å². The number of esters is 1. The molecule has 2 unspecified atom stereocenters. The molecule has 0 bridgehead atoms. The van der Waals surface area contributed by atoms with Crippen LogP contribution < -0.4 is 0 Å². The van der Waals surface area contributed by atoms with Crippen LogP contribution in [0.15, 0.2) is 0 Å². The maximum absolute atomic E-state index is 12.5. The van der Waals surface area contributed by atoms with Crippen LogP contribution in [-0.2, 0) is 14.3 Å². The van der Waals surface area contributed by atoms with E-state index >= 15 is 0 Å². The first-order valence-electron chi connectivity index (χ1n) is 11.0. The highest BCUT2D eigenvalue weighted by atomic mass is 79.9. The lowest BCUT2D eigenvalue weighted by Gasteiger charge is -2.61. The van der Waals surface area contributed by atoms with Gasteiger partial charge in [0, 0.05) is 6.92 Å². The van der Waals surface area contributed by atoms with Crippen molar-refractivity contribution in [3.05, 3.63) is 0 Å². The lowest BCUT2D eigenvalue weighted by Crippen LogP contribution is -2.56. The van der Waals surface area contributed by atoms with Crippen molar-refractivity contribution in [2.24, 2.45) is 34.5 Å². The minimum atomic E-state index is -0.305. The van der Waals surface area contributed by atoms with E-state index in [0.717, 1.165) is 31.1 Å². The van der Waals surface area contributed by atoms with Crippen molar-refractivity contribution in [1.29, 1.82) is 0 Å². The number of rotatable bonds is 2. The van der Waals surface area contributed by atoms with Crippen LogP contribution in [0.2, 0.25) is 0 Å². The van der Waals surface area contributed by atoms with Crippen LogP contribution in [0.25, 0.3) is 0 Å². The number of fused-ring (bicyclic) bond motifs is 5. The van der Waals surface area contributed by atoms with Gasteiger partial charge in [-0.2, -0.15) is 0 Å². The molecule has 3 nitrogen and oxygen atoms in total. The van der Waals surface area contributed by atoms with Gasteiger partial charge < -0.3 is 4.74 Å². The van der Waals surface area contributed by atoms with Gasteiger partial charge in [-0.25, -0.2) is 0 Å². The molecular weight excluding hydrogens is 404 g/mol. The topological polar surface area (TPSA) is 43.4 Å². The maximum Gasteiger partial charge on any atom is 0.302 e. The number of hydrogen-bond donors (Lipinski definition) is 0. The molecule has 0 spiro atoms. The summed E-state index contributed by atoms with van der Waals surface area (Å²) in [5.74, 6) is 3.08. The molecule has 152 valence electrons. The Bertz CT molecular complexity index is 648.